The van der Waals surface area contributed by atoms with Crippen molar-refractivity contribution in [3.05, 3.63) is 17.0 Å². The van der Waals surface area contributed by atoms with Gasteiger partial charge in [-0.25, -0.2) is 0 Å². The van der Waals surface area contributed by atoms with E-state index < -0.39 is 18.2 Å². The number of hydrogen-bond acceptors (Lipinski definition) is 6. The lowest BCUT2D eigenvalue weighted by Gasteiger charge is -2.20. The summed E-state index contributed by atoms with van der Waals surface area (Å²) >= 11 is 0. The Morgan fingerprint density at radius 3 is 2.42 bits per heavy atom. The molecule has 0 radical (unpaired) electrons. The molecule has 0 aromatic carbocycles. The number of cyclic esters (lactones) is 2. The number of esters is 2. The molecule has 0 bridgehead atoms. The van der Waals surface area contributed by atoms with Crippen molar-refractivity contribution in [1.29, 1.82) is 0 Å². The van der Waals surface area contributed by atoms with Crippen molar-refractivity contribution in [2.45, 2.75) is 26.6 Å². The van der Waals surface area contributed by atoms with Crippen LogP contribution in [0.5, 0.6) is 0 Å². The molecule has 19 heavy (non-hydrogen) atoms. The lowest BCUT2D eigenvalue weighted by molar-refractivity contribution is -0.208. The predicted octanol–water partition coefficient (Wildman–Crippen LogP) is 1.27. The van der Waals surface area contributed by atoms with Crippen LogP contribution in [-0.4, -0.2) is 21.7 Å². The molecule has 0 saturated carbocycles. The third-order valence-electron chi connectivity index (χ3n) is 3.23. The molecule has 0 N–H and O–H groups in total. The average Bonchev–Trinajstić information content (AvgIpc) is 2.77. The third-order valence-corrected chi connectivity index (χ3v) is 3.23. The normalized spacial score (nSPS) is 16.8. The van der Waals surface area contributed by atoms with Crippen LogP contribution in [0.1, 0.15) is 29.7 Å². The molecule has 1 saturated heterocycles. The van der Waals surface area contributed by atoms with Crippen molar-refractivity contribution in [3.8, 4) is 0 Å². The molecule has 0 unspecified atom stereocenters. The van der Waals surface area contributed by atoms with Gasteiger partial charge in [-0.3, -0.25) is 14.3 Å². The van der Waals surface area contributed by atoms with E-state index in [2.05, 4.69) is 5.10 Å². The highest BCUT2D eigenvalue weighted by Gasteiger charge is 2.34. The fourth-order valence-electron chi connectivity index (χ4n) is 2.18. The fourth-order valence-corrected chi connectivity index (χ4v) is 2.18. The molecule has 7 heteroatoms. The van der Waals surface area contributed by atoms with E-state index >= 15 is 0 Å². The van der Waals surface area contributed by atoms with Gasteiger partial charge in [0.05, 0.1) is 5.39 Å². The molecule has 2 aromatic heterocycles. The number of ether oxygens (including phenoxy) is 2. The number of aryl methyl sites for hydroxylation is 3. The van der Waals surface area contributed by atoms with E-state index in [1.807, 2.05) is 20.9 Å². The maximum atomic E-state index is 11.3. The van der Waals surface area contributed by atoms with Gasteiger partial charge in [0.25, 0.3) is 0 Å². The van der Waals surface area contributed by atoms with E-state index in [4.69, 9.17) is 13.9 Å². The summed E-state index contributed by atoms with van der Waals surface area (Å²) in [6.07, 6.45) is -1.48. The van der Waals surface area contributed by atoms with Gasteiger partial charge in [0.15, 0.2) is 5.76 Å². The summed E-state index contributed by atoms with van der Waals surface area (Å²) in [5, 5.41) is 5.04. The lowest BCUT2D eigenvalue weighted by atomic mass is 10.1. The largest absolute Gasteiger partial charge is 0.433 e. The van der Waals surface area contributed by atoms with E-state index in [1.165, 1.54) is 0 Å². The van der Waals surface area contributed by atoms with Gasteiger partial charge in [0.1, 0.15) is 6.42 Å². The summed E-state index contributed by atoms with van der Waals surface area (Å²) in [5.41, 5.74) is 2.12. The average molecular weight is 264 g/mol. The highest BCUT2D eigenvalue weighted by atomic mass is 16.7. The van der Waals surface area contributed by atoms with Crippen LogP contribution in [0.25, 0.3) is 11.1 Å². The first-order chi connectivity index (χ1) is 8.97. The van der Waals surface area contributed by atoms with Gasteiger partial charge >= 0.3 is 18.2 Å². The predicted molar refractivity (Wildman–Crippen MR) is 62.0 cm³/mol. The summed E-state index contributed by atoms with van der Waals surface area (Å²) in [4.78, 5) is 22.5. The standard InChI is InChI=1S/C12H12N2O5/c1-5-9-6(2)14(3)13-11(9)19-10(5)12-17-7(15)4-8(16)18-12/h12H,4H2,1-3H3. The lowest BCUT2D eigenvalue weighted by Crippen LogP contribution is -2.26. The van der Waals surface area contributed by atoms with Crippen LogP contribution in [0, 0.1) is 13.8 Å². The van der Waals surface area contributed by atoms with Gasteiger partial charge in [-0.15, -0.1) is 5.10 Å². The van der Waals surface area contributed by atoms with Crippen LogP contribution in [0.2, 0.25) is 0 Å². The summed E-state index contributed by atoms with van der Waals surface area (Å²) in [6.45, 7) is 3.71. The van der Waals surface area contributed by atoms with Crippen LogP contribution >= 0.6 is 0 Å². The van der Waals surface area contributed by atoms with Crippen LogP contribution in [0.4, 0.5) is 0 Å². The van der Waals surface area contributed by atoms with Crippen molar-refractivity contribution in [2.24, 2.45) is 7.05 Å². The van der Waals surface area contributed by atoms with Crippen molar-refractivity contribution in [3.63, 3.8) is 0 Å². The quantitative estimate of drug-likeness (QED) is 0.569. The topological polar surface area (TPSA) is 83.6 Å². The minimum absolute atomic E-state index is 0.308. The summed E-state index contributed by atoms with van der Waals surface area (Å²) in [5.74, 6) is -0.929. The molecule has 3 rings (SSSR count). The molecular weight excluding hydrogens is 252 g/mol. The molecule has 2 aromatic rings. The minimum atomic E-state index is -1.12. The number of carbonyl (C=O) groups is 2. The van der Waals surface area contributed by atoms with Crippen molar-refractivity contribution < 1.29 is 23.5 Å². The van der Waals surface area contributed by atoms with Gasteiger partial charge in [-0.1, -0.05) is 0 Å². The first-order valence-electron chi connectivity index (χ1n) is 5.79. The smallest absolute Gasteiger partial charge is 0.320 e. The highest BCUT2D eigenvalue weighted by Crippen LogP contribution is 2.34. The highest BCUT2D eigenvalue weighted by molar-refractivity contribution is 5.93. The third kappa shape index (κ3) is 1.69. The first-order valence-corrected chi connectivity index (χ1v) is 5.79. The maximum Gasteiger partial charge on any atom is 0.320 e. The number of fused-ring (bicyclic) bond motifs is 1. The zero-order valence-corrected chi connectivity index (χ0v) is 10.7. The van der Waals surface area contributed by atoms with Gasteiger partial charge in [-0.05, 0) is 13.8 Å². The Morgan fingerprint density at radius 2 is 1.84 bits per heavy atom. The SMILES string of the molecule is Cc1c(C2OC(=O)CC(=O)O2)oc2nn(C)c(C)c12. The summed E-state index contributed by atoms with van der Waals surface area (Å²) < 4.78 is 17.2. The molecule has 7 nitrogen and oxygen atoms in total. The number of nitrogens with zero attached hydrogens (tertiary/aromatic N) is 2. The van der Waals surface area contributed by atoms with Crippen LogP contribution in [0.3, 0.4) is 0 Å². The van der Waals surface area contributed by atoms with E-state index in [-0.39, 0.29) is 6.42 Å². The number of hydrogen-bond donors (Lipinski definition) is 0. The van der Waals surface area contributed by atoms with Gasteiger partial charge in [-0.2, -0.15) is 0 Å². The summed E-state index contributed by atoms with van der Waals surface area (Å²) in [7, 11) is 1.81. The maximum absolute atomic E-state index is 11.3. The zero-order chi connectivity index (χ0) is 13.7. The second kappa shape index (κ2) is 3.84. The second-order valence-corrected chi connectivity index (χ2v) is 4.47. The van der Waals surface area contributed by atoms with Crippen molar-refractivity contribution in [2.75, 3.05) is 0 Å². The Bertz CT molecular complexity index is 681. The van der Waals surface area contributed by atoms with E-state index in [0.29, 0.717) is 11.5 Å². The molecule has 0 spiro atoms. The van der Waals surface area contributed by atoms with Crippen LogP contribution in [-0.2, 0) is 26.1 Å². The summed E-state index contributed by atoms with van der Waals surface area (Å²) in [6, 6.07) is 0. The Morgan fingerprint density at radius 1 is 1.21 bits per heavy atom. The van der Waals surface area contributed by atoms with Crippen LogP contribution < -0.4 is 0 Å². The molecule has 0 atom stereocenters. The van der Waals surface area contributed by atoms with E-state index in [1.54, 1.807) is 4.68 Å². The van der Waals surface area contributed by atoms with Crippen molar-refractivity contribution in [1.82, 2.24) is 9.78 Å². The monoisotopic (exact) mass is 264 g/mol. The zero-order valence-electron chi connectivity index (χ0n) is 10.7. The van der Waals surface area contributed by atoms with Crippen LogP contribution in [0.15, 0.2) is 4.42 Å². The Labute approximate surface area is 108 Å². The minimum Gasteiger partial charge on any atom is -0.433 e. The fraction of sp³-hybridized carbons (Fsp3) is 0.417. The number of rotatable bonds is 1. The Balaban J connectivity index is 2.08. The number of aromatic nitrogens is 2. The molecular formula is C12H12N2O5. The number of carbonyl (C=O) groups excluding carboxylic acids is 2. The van der Waals surface area contributed by atoms with E-state index in [9.17, 15) is 9.59 Å². The van der Waals surface area contributed by atoms with Gasteiger partial charge in [0.2, 0.25) is 5.71 Å². The molecule has 3 heterocycles. The van der Waals surface area contributed by atoms with Gasteiger partial charge < -0.3 is 13.9 Å². The molecule has 0 amide bonds. The molecule has 1 fully saturated rings. The molecule has 100 valence electrons. The molecule has 0 aliphatic carbocycles. The van der Waals surface area contributed by atoms with Gasteiger partial charge in [0, 0.05) is 18.3 Å². The second-order valence-electron chi connectivity index (χ2n) is 4.47. The molecule has 1 aliphatic heterocycles. The Hall–Kier alpha value is -2.31. The first kappa shape index (κ1) is 11.8. The number of furan rings is 1. The molecule has 1 aliphatic rings. The van der Waals surface area contributed by atoms with Crippen molar-refractivity contribution >= 4 is 23.0 Å². The van der Waals surface area contributed by atoms with E-state index in [0.717, 1.165) is 16.6 Å². The Kier molecular flexibility index (Phi) is 2.38.